The van der Waals surface area contributed by atoms with Crippen molar-refractivity contribution in [2.24, 2.45) is 0 Å². The third-order valence-electron chi connectivity index (χ3n) is 6.91. The highest BCUT2D eigenvalue weighted by Gasteiger charge is 2.47. The molecular formula is C30H31ClN2O5. The molecule has 0 bridgehead atoms. The van der Waals surface area contributed by atoms with Gasteiger partial charge in [-0.3, -0.25) is 14.5 Å². The number of amides is 1. The summed E-state index contributed by atoms with van der Waals surface area (Å²) in [6.07, 6.45) is 0. The minimum Gasteiger partial charge on any atom is -0.507 e. The quantitative estimate of drug-likeness (QED) is 0.212. The lowest BCUT2D eigenvalue weighted by atomic mass is 9.92. The van der Waals surface area contributed by atoms with Crippen LogP contribution >= 0.6 is 11.6 Å². The largest absolute Gasteiger partial charge is 0.507 e. The molecule has 3 aromatic rings. The van der Waals surface area contributed by atoms with E-state index in [1.54, 1.807) is 0 Å². The Morgan fingerprint density at radius 3 is 2.18 bits per heavy atom. The summed E-state index contributed by atoms with van der Waals surface area (Å²) in [5, 5.41) is 11.8. The zero-order chi connectivity index (χ0) is 27.6. The van der Waals surface area contributed by atoms with Crippen LogP contribution in [-0.4, -0.2) is 44.1 Å². The summed E-state index contributed by atoms with van der Waals surface area (Å²) in [7, 11) is 2.91. The lowest BCUT2D eigenvalue weighted by molar-refractivity contribution is -0.132. The first-order valence-electron chi connectivity index (χ1n) is 12.4. The number of carbonyl (C=O) groups excluding carboxylic acids is 2. The average molecular weight is 535 g/mol. The number of aryl methyl sites for hydroxylation is 1. The molecule has 0 aromatic heterocycles. The Morgan fingerprint density at radius 1 is 0.974 bits per heavy atom. The Labute approximate surface area is 227 Å². The van der Waals surface area contributed by atoms with Gasteiger partial charge in [-0.2, -0.15) is 0 Å². The van der Waals surface area contributed by atoms with E-state index < -0.39 is 17.7 Å². The van der Waals surface area contributed by atoms with Crippen molar-refractivity contribution in [1.82, 2.24) is 0 Å². The van der Waals surface area contributed by atoms with Crippen LogP contribution in [0.4, 0.5) is 11.4 Å². The number of hydrogen-bond acceptors (Lipinski definition) is 6. The van der Waals surface area contributed by atoms with Crippen LogP contribution in [0.25, 0.3) is 5.76 Å². The second-order valence-electron chi connectivity index (χ2n) is 8.90. The summed E-state index contributed by atoms with van der Waals surface area (Å²) in [4.78, 5) is 30.7. The molecule has 7 nitrogen and oxygen atoms in total. The van der Waals surface area contributed by atoms with Gasteiger partial charge in [-0.15, -0.1) is 0 Å². The number of methoxy groups -OCH3 is 2. The molecule has 1 saturated heterocycles. The number of Topliss-reactive ketones (excluding diaryl/α,β-unsaturated/α-hetero) is 1. The van der Waals surface area contributed by atoms with Gasteiger partial charge in [-0.05, 0) is 62.2 Å². The third-order valence-corrected chi connectivity index (χ3v) is 7.21. The van der Waals surface area contributed by atoms with E-state index in [1.807, 2.05) is 55.5 Å². The molecule has 0 aliphatic carbocycles. The molecule has 0 saturated carbocycles. The lowest BCUT2D eigenvalue weighted by Crippen LogP contribution is -2.30. The van der Waals surface area contributed by atoms with Crippen LogP contribution in [0.3, 0.4) is 0 Å². The van der Waals surface area contributed by atoms with Crippen molar-refractivity contribution in [2.45, 2.75) is 26.8 Å². The molecule has 0 spiro atoms. The van der Waals surface area contributed by atoms with Gasteiger partial charge in [-0.1, -0.05) is 35.9 Å². The summed E-state index contributed by atoms with van der Waals surface area (Å²) in [5.74, 6) is -1.29. The Morgan fingerprint density at radius 2 is 1.61 bits per heavy atom. The smallest absolute Gasteiger partial charge is 0.300 e. The van der Waals surface area contributed by atoms with Gasteiger partial charge < -0.3 is 19.5 Å². The van der Waals surface area contributed by atoms with E-state index in [2.05, 4.69) is 18.7 Å². The van der Waals surface area contributed by atoms with E-state index in [1.165, 1.54) is 31.3 Å². The van der Waals surface area contributed by atoms with Crippen LogP contribution in [0, 0.1) is 6.92 Å². The van der Waals surface area contributed by atoms with Crippen molar-refractivity contribution in [2.75, 3.05) is 37.1 Å². The number of aliphatic hydroxyl groups excluding tert-OH is 1. The number of rotatable bonds is 8. The van der Waals surface area contributed by atoms with E-state index in [-0.39, 0.29) is 27.7 Å². The molecule has 1 aliphatic rings. The monoisotopic (exact) mass is 534 g/mol. The van der Waals surface area contributed by atoms with Gasteiger partial charge in [0.15, 0.2) is 0 Å². The molecule has 38 heavy (non-hydrogen) atoms. The van der Waals surface area contributed by atoms with E-state index in [0.29, 0.717) is 11.4 Å². The summed E-state index contributed by atoms with van der Waals surface area (Å²) in [6.45, 7) is 7.75. The lowest BCUT2D eigenvalue weighted by Gasteiger charge is -2.28. The van der Waals surface area contributed by atoms with Gasteiger partial charge in [0.1, 0.15) is 17.3 Å². The normalized spacial score (nSPS) is 16.6. The fraction of sp³-hybridized carbons (Fsp3) is 0.267. The van der Waals surface area contributed by atoms with Crippen LogP contribution in [0.15, 0.2) is 66.2 Å². The van der Waals surface area contributed by atoms with Crippen LogP contribution in [0.5, 0.6) is 11.5 Å². The first-order chi connectivity index (χ1) is 18.3. The van der Waals surface area contributed by atoms with E-state index >= 15 is 0 Å². The Balaban J connectivity index is 1.94. The fourth-order valence-electron chi connectivity index (χ4n) is 4.89. The molecule has 1 fully saturated rings. The zero-order valence-corrected chi connectivity index (χ0v) is 22.9. The molecular weight excluding hydrogens is 504 g/mol. The number of ketones is 1. The first-order valence-corrected chi connectivity index (χ1v) is 12.8. The van der Waals surface area contributed by atoms with E-state index in [0.717, 1.165) is 29.9 Å². The Kier molecular flexibility index (Phi) is 7.97. The summed E-state index contributed by atoms with van der Waals surface area (Å²) in [6, 6.07) is 17.2. The second-order valence-corrected chi connectivity index (χ2v) is 9.31. The maximum atomic E-state index is 13.6. The van der Waals surface area contributed by atoms with E-state index in [9.17, 15) is 14.7 Å². The van der Waals surface area contributed by atoms with Crippen molar-refractivity contribution in [3.8, 4) is 11.5 Å². The number of hydrogen-bond donors (Lipinski definition) is 1. The topological polar surface area (TPSA) is 79.3 Å². The van der Waals surface area contributed by atoms with Crippen molar-refractivity contribution in [1.29, 1.82) is 0 Å². The SMILES string of the molecule is CCN(CC)c1ccc(N2C(=O)C(=O)/C(=C(/O)c3cc(Cl)c(OC)cc3OC)C2c2ccccc2C)cc1. The molecule has 1 N–H and O–H groups in total. The summed E-state index contributed by atoms with van der Waals surface area (Å²) >= 11 is 6.36. The fourth-order valence-corrected chi connectivity index (χ4v) is 5.13. The van der Waals surface area contributed by atoms with Crippen LogP contribution in [0.1, 0.15) is 36.6 Å². The van der Waals surface area contributed by atoms with Crippen LogP contribution in [0.2, 0.25) is 5.02 Å². The Hall–Kier alpha value is -3.97. The molecule has 8 heteroatoms. The first kappa shape index (κ1) is 27.1. The highest BCUT2D eigenvalue weighted by atomic mass is 35.5. The minimum atomic E-state index is -0.860. The number of halogens is 1. The molecule has 1 atom stereocenters. The molecule has 0 radical (unpaired) electrons. The number of carbonyl (C=O) groups is 2. The third kappa shape index (κ3) is 4.70. The Bertz CT molecular complexity index is 1400. The van der Waals surface area contributed by atoms with Gasteiger partial charge in [0.05, 0.1) is 36.4 Å². The highest BCUT2D eigenvalue weighted by molar-refractivity contribution is 6.51. The van der Waals surface area contributed by atoms with Crippen molar-refractivity contribution in [3.05, 3.63) is 87.9 Å². The second kappa shape index (κ2) is 11.2. The molecule has 1 unspecified atom stereocenters. The van der Waals surface area contributed by atoms with Gasteiger partial charge >= 0.3 is 0 Å². The molecule has 1 heterocycles. The highest BCUT2D eigenvalue weighted by Crippen LogP contribution is 2.45. The van der Waals surface area contributed by atoms with Gasteiger partial charge in [-0.25, -0.2) is 0 Å². The van der Waals surface area contributed by atoms with Crippen LogP contribution < -0.4 is 19.3 Å². The maximum Gasteiger partial charge on any atom is 0.300 e. The number of aliphatic hydroxyl groups is 1. The molecule has 1 aliphatic heterocycles. The average Bonchev–Trinajstić information content (AvgIpc) is 3.19. The minimum absolute atomic E-state index is 0.0448. The summed E-state index contributed by atoms with van der Waals surface area (Å²) in [5.41, 5.74) is 3.30. The van der Waals surface area contributed by atoms with Gasteiger partial charge in [0.25, 0.3) is 11.7 Å². The summed E-state index contributed by atoms with van der Waals surface area (Å²) < 4.78 is 10.7. The van der Waals surface area contributed by atoms with Gasteiger partial charge in [0.2, 0.25) is 0 Å². The molecule has 1 amide bonds. The standard InChI is InChI=1S/C30H31ClN2O5/c1-6-32(7-2)19-12-14-20(15-13-19)33-27(21-11-9-8-10-18(21)3)26(29(35)30(33)36)28(34)22-16-23(31)25(38-5)17-24(22)37-4/h8-17,27,34H,6-7H2,1-5H3/b28-26+. The predicted octanol–water partition coefficient (Wildman–Crippen LogP) is 6.14. The van der Waals surface area contributed by atoms with Crippen molar-refractivity contribution in [3.63, 3.8) is 0 Å². The number of anilines is 2. The molecule has 3 aromatic carbocycles. The number of nitrogens with zero attached hydrogens (tertiary/aromatic N) is 2. The van der Waals surface area contributed by atoms with Crippen molar-refractivity contribution < 1.29 is 24.2 Å². The van der Waals surface area contributed by atoms with E-state index in [4.69, 9.17) is 21.1 Å². The maximum absolute atomic E-state index is 13.6. The number of ether oxygens (including phenoxy) is 2. The predicted molar refractivity (Wildman–Crippen MR) is 151 cm³/mol. The molecule has 198 valence electrons. The van der Waals surface area contributed by atoms with Gasteiger partial charge in [0, 0.05) is 30.5 Å². The van der Waals surface area contributed by atoms with Crippen LogP contribution in [-0.2, 0) is 9.59 Å². The molecule has 4 rings (SSSR count). The zero-order valence-electron chi connectivity index (χ0n) is 22.1. The number of benzene rings is 3. The van der Waals surface area contributed by atoms with Crippen molar-refractivity contribution >= 4 is 40.4 Å².